The number of thiazole rings is 1. The molecule has 0 spiro atoms. The van der Waals surface area contributed by atoms with Gasteiger partial charge in [-0.25, -0.2) is 4.98 Å². The number of hydrogen-bond donors (Lipinski definition) is 1. The predicted octanol–water partition coefficient (Wildman–Crippen LogP) is 1.74. The zero-order valence-corrected chi connectivity index (χ0v) is 12.1. The SMILES string of the molecule is OC[C@@]12COC[C@@H]1CN(Cc1nc3ccccc3s1)C2. The summed E-state index contributed by atoms with van der Waals surface area (Å²) in [6.07, 6.45) is 0. The summed E-state index contributed by atoms with van der Waals surface area (Å²) in [6, 6.07) is 8.28. The quantitative estimate of drug-likeness (QED) is 0.935. The summed E-state index contributed by atoms with van der Waals surface area (Å²) in [5.41, 5.74) is 1.06. The number of aliphatic hydroxyl groups excluding tert-OH is 1. The Morgan fingerprint density at radius 2 is 2.35 bits per heavy atom. The van der Waals surface area contributed by atoms with E-state index in [9.17, 15) is 5.11 Å². The molecule has 1 aromatic heterocycles. The van der Waals surface area contributed by atoms with Gasteiger partial charge in [0.1, 0.15) is 5.01 Å². The lowest BCUT2D eigenvalue weighted by Crippen LogP contribution is -2.34. The normalized spacial score (nSPS) is 30.1. The van der Waals surface area contributed by atoms with Crippen LogP contribution in [0.1, 0.15) is 5.01 Å². The van der Waals surface area contributed by atoms with Gasteiger partial charge in [0, 0.05) is 24.4 Å². The lowest BCUT2D eigenvalue weighted by molar-refractivity contribution is 0.0803. The summed E-state index contributed by atoms with van der Waals surface area (Å²) in [7, 11) is 0. The summed E-state index contributed by atoms with van der Waals surface area (Å²) in [4.78, 5) is 7.12. The highest BCUT2D eigenvalue weighted by Gasteiger charge is 2.50. The minimum absolute atomic E-state index is 0.0311. The number of para-hydroxylation sites is 1. The first-order chi connectivity index (χ1) is 9.79. The van der Waals surface area contributed by atoms with Crippen LogP contribution >= 0.6 is 11.3 Å². The van der Waals surface area contributed by atoms with E-state index in [1.54, 1.807) is 11.3 Å². The molecule has 106 valence electrons. The highest BCUT2D eigenvalue weighted by atomic mass is 32.1. The molecule has 4 rings (SSSR count). The average molecular weight is 290 g/mol. The fourth-order valence-electron chi connectivity index (χ4n) is 3.47. The molecule has 2 aliphatic rings. The van der Waals surface area contributed by atoms with Crippen molar-refractivity contribution in [2.24, 2.45) is 11.3 Å². The van der Waals surface area contributed by atoms with Crippen LogP contribution in [0.2, 0.25) is 0 Å². The van der Waals surface area contributed by atoms with E-state index in [4.69, 9.17) is 9.72 Å². The molecule has 2 aliphatic heterocycles. The van der Waals surface area contributed by atoms with Crippen LogP contribution in [0, 0.1) is 11.3 Å². The van der Waals surface area contributed by atoms with Crippen LogP contribution in [-0.4, -0.2) is 47.9 Å². The topological polar surface area (TPSA) is 45.6 Å². The van der Waals surface area contributed by atoms with Gasteiger partial charge in [-0.2, -0.15) is 0 Å². The molecule has 0 radical (unpaired) electrons. The number of hydrogen-bond acceptors (Lipinski definition) is 5. The van der Waals surface area contributed by atoms with Crippen molar-refractivity contribution in [3.63, 3.8) is 0 Å². The molecule has 0 amide bonds. The number of likely N-dealkylation sites (tertiary alicyclic amines) is 1. The molecule has 0 unspecified atom stereocenters. The number of nitrogens with zero attached hydrogens (tertiary/aromatic N) is 2. The van der Waals surface area contributed by atoms with Crippen molar-refractivity contribution in [1.29, 1.82) is 0 Å². The van der Waals surface area contributed by atoms with Crippen molar-refractivity contribution >= 4 is 21.6 Å². The van der Waals surface area contributed by atoms with Crippen LogP contribution < -0.4 is 0 Å². The third-order valence-electron chi connectivity index (χ3n) is 4.60. The zero-order valence-electron chi connectivity index (χ0n) is 11.3. The lowest BCUT2D eigenvalue weighted by atomic mass is 9.82. The summed E-state index contributed by atoms with van der Waals surface area (Å²) >= 11 is 1.77. The maximum absolute atomic E-state index is 9.71. The molecule has 2 saturated heterocycles. The second-order valence-corrected chi connectivity index (χ2v) is 7.09. The van der Waals surface area contributed by atoms with Crippen LogP contribution in [0.3, 0.4) is 0 Å². The van der Waals surface area contributed by atoms with E-state index in [1.807, 2.05) is 6.07 Å². The van der Waals surface area contributed by atoms with Crippen molar-refractivity contribution in [2.75, 3.05) is 32.9 Å². The van der Waals surface area contributed by atoms with Gasteiger partial charge in [0.2, 0.25) is 0 Å². The molecule has 2 fully saturated rings. The van der Waals surface area contributed by atoms with Crippen LogP contribution in [0.15, 0.2) is 24.3 Å². The van der Waals surface area contributed by atoms with Gasteiger partial charge in [-0.15, -0.1) is 11.3 Å². The maximum atomic E-state index is 9.71. The molecule has 1 aromatic carbocycles. The first-order valence-corrected chi connectivity index (χ1v) is 7.86. The second kappa shape index (κ2) is 4.77. The Hall–Kier alpha value is -1.01. The molecule has 3 heterocycles. The molecule has 1 N–H and O–H groups in total. The standard InChI is InChI=1S/C15H18N2O2S/c18-9-15-8-17(5-11(15)7-19-10-15)6-14-16-12-3-1-2-4-13(12)20-14/h1-4,11,18H,5-10H2/t11-,15-/m0/s1. The molecule has 0 saturated carbocycles. The van der Waals surface area contributed by atoms with Gasteiger partial charge in [0.15, 0.2) is 0 Å². The maximum Gasteiger partial charge on any atom is 0.108 e. The van der Waals surface area contributed by atoms with Gasteiger partial charge in [0.25, 0.3) is 0 Å². The third kappa shape index (κ3) is 1.97. The Balaban J connectivity index is 1.52. The van der Waals surface area contributed by atoms with Crippen molar-refractivity contribution in [3.05, 3.63) is 29.3 Å². The summed E-state index contributed by atoms with van der Waals surface area (Å²) in [6.45, 7) is 4.54. The minimum Gasteiger partial charge on any atom is -0.396 e. The van der Waals surface area contributed by atoms with E-state index >= 15 is 0 Å². The molecule has 5 heteroatoms. The van der Waals surface area contributed by atoms with Gasteiger partial charge < -0.3 is 9.84 Å². The largest absolute Gasteiger partial charge is 0.396 e. The number of rotatable bonds is 3. The molecule has 20 heavy (non-hydrogen) atoms. The minimum atomic E-state index is -0.0311. The Bertz CT molecular complexity index is 596. The van der Waals surface area contributed by atoms with Crippen LogP contribution in [0.5, 0.6) is 0 Å². The fourth-order valence-corrected chi connectivity index (χ4v) is 4.48. The van der Waals surface area contributed by atoms with Crippen molar-refractivity contribution in [2.45, 2.75) is 6.54 Å². The lowest BCUT2D eigenvalue weighted by Gasteiger charge is -2.24. The number of benzene rings is 1. The van der Waals surface area contributed by atoms with Gasteiger partial charge in [-0.1, -0.05) is 12.1 Å². The predicted molar refractivity (Wildman–Crippen MR) is 78.7 cm³/mol. The van der Waals surface area contributed by atoms with E-state index in [0.717, 1.165) is 31.8 Å². The van der Waals surface area contributed by atoms with Gasteiger partial charge in [0.05, 0.1) is 36.6 Å². The Labute approximate surface area is 122 Å². The van der Waals surface area contributed by atoms with E-state index in [2.05, 4.69) is 23.1 Å². The number of fused-ring (bicyclic) bond motifs is 2. The Morgan fingerprint density at radius 3 is 3.15 bits per heavy atom. The summed E-state index contributed by atoms with van der Waals surface area (Å²) < 4.78 is 6.80. The molecule has 2 aromatic rings. The number of aromatic nitrogens is 1. The zero-order chi connectivity index (χ0) is 13.6. The van der Waals surface area contributed by atoms with Crippen LogP contribution in [-0.2, 0) is 11.3 Å². The average Bonchev–Trinajstić information content (AvgIpc) is 3.09. The van der Waals surface area contributed by atoms with E-state index < -0.39 is 0 Å². The van der Waals surface area contributed by atoms with Crippen LogP contribution in [0.4, 0.5) is 0 Å². The molecule has 0 aliphatic carbocycles. The first kappa shape index (κ1) is 12.7. The highest BCUT2D eigenvalue weighted by molar-refractivity contribution is 7.18. The smallest absolute Gasteiger partial charge is 0.108 e. The van der Waals surface area contributed by atoms with Crippen LogP contribution in [0.25, 0.3) is 10.2 Å². The summed E-state index contributed by atoms with van der Waals surface area (Å²) in [5.74, 6) is 0.474. The number of aliphatic hydroxyl groups is 1. The molecular weight excluding hydrogens is 272 g/mol. The van der Waals surface area contributed by atoms with Gasteiger partial charge in [-0.3, -0.25) is 4.90 Å². The van der Waals surface area contributed by atoms with Crippen molar-refractivity contribution < 1.29 is 9.84 Å². The number of ether oxygens (including phenoxy) is 1. The molecule has 0 bridgehead atoms. The van der Waals surface area contributed by atoms with Crippen molar-refractivity contribution in [3.8, 4) is 0 Å². The van der Waals surface area contributed by atoms with Crippen molar-refractivity contribution in [1.82, 2.24) is 9.88 Å². The highest BCUT2D eigenvalue weighted by Crippen LogP contribution is 2.41. The second-order valence-electron chi connectivity index (χ2n) is 5.98. The molecule has 2 atom stereocenters. The third-order valence-corrected chi connectivity index (χ3v) is 5.62. The van der Waals surface area contributed by atoms with E-state index in [0.29, 0.717) is 12.5 Å². The monoisotopic (exact) mass is 290 g/mol. The van der Waals surface area contributed by atoms with E-state index in [1.165, 1.54) is 9.71 Å². The van der Waals surface area contributed by atoms with E-state index in [-0.39, 0.29) is 12.0 Å². The Morgan fingerprint density at radius 1 is 1.45 bits per heavy atom. The summed E-state index contributed by atoms with van der Waals surface area (Å²) in [5, 5.41) is 10.9. The molecule has 4 nitrogen and oxygen atoms in total. The van der Waals surface area contributed by atoms with Gasteiger partial charge >= 0.3 is 0 Å². The first-order valence-electron chi connectivity index (χ1n) is 7.04. The molecular formula is C15H18N2O2S. The van der Waals surface area contributed by atoms with Gasteiger partial charge in [-0.05, 0) is 12.1 Å². The Kier molecular flexibility index (Phi) is 3.03. The fraction of sp³-hybridized carbons (Fsp3) is 0.533.